The summed E-state index contributed by atoms with van der Waals surface area (Å²) in [6, 6.07) is 11.1. The molecule has 1 N–H and O–H groups in total. The maximum atomic E-state index is 12.3. The molecule has 32 heavy (non-hydrogen) atoms. The van der Waals surface area contributed by atoms with Crippen LogP contribution in [0.4, 0.5) is 11.4 Å². The van der Waals surface area contributed by atoms with Crippen LogP contribution in [0.15, 0.2) is 58.4 Å². The summed E-state index contributed by atoms with van der Waals surface area (Å²) in [5.41, 5.74) is 2.38. The van der Waals surface area contributed by atoms with E-state index in [2.05, 4.69) is 25.4 Å². The molecule has 0 bridgehead atoms. The Labute approximate surface area is 190 Å². The second kappa shape index (κ2) is 9.67. The van der Waals surface area contributed by atoms with Crippen molar-refractivity contribution in [3.8, 4) is 11.5 Å². The molecule has 0 atom stereocenters. The van der Waals surface area contributed by atoms with E-state index in [-0.39, 0.29) is 11.7 Å². The molecule has 3 heterocycles. The zero-order chi connectivity index (χ0) is 22.6. The average Bonchev–Trinajstić information content (AvgIpc) is 3.28. The molecule has 1 aliphatic heterocycles. The second-order valence-corrected chi connectivity index (χ2v) is 10.1. The van der Waals surface area contributed by atoms with Crippen molar-refractivity contribution < 1.29 is 17.6 Å². The fourth-order valence-corrected chi connectivity index (χ4v) is 4.62. The molecule has 0 spiro atoms. The standard InChI is InChI=1S/C20H22N6O4S2/c1-32(28,29)26-11-9-25(10-12-26)17-6-4-16(5-7-17)22-18(27)14-31-20-24-23-19(30-20)15-3-2-8-21-13-15/h2-8,13H,9-12,14H2,1H3,(H,22,27). The Bertz CT molecular complexity index is 1160. The van der Waals surface area contributed by atoms with Gasteiger partial charge >= 0.3 is 0 Å². The lowest BCUT2D eigenvalue weighted by Gasteiger charge is -2.34. The van der Waals surface area contributed by atoms with Gasteiger partial charge in [-0.2, -0.15) is 4.31 Å². The van der Waals surface area contributed by atoms with Gasteiger partial charge in [0.25, 0.3) is 5.22 Å². The molecule has 0 saturated carbocycles. The molecule has 1 saturated heterocycles. The van der Waals surface area contributed by atoms with Gasteiger partial charge in [0.1, 0.15) is 0 Å². The summed E-state index contributed by atoms with van der Waals surface area (Å²) in [5, 5.41) is 11.1. The van der Waals surface area contributed by atoms with Gasteiger partial charge in [0, 0.05) is 49.9 Å². The van der Waals surface area contributed by atoms with E-state index in [1.165, 1.54) is 10.6 Å². The van der Waals surface area contributed by atoms with Gasteiger partial charge in [0.05, 0.1) is 17.6 Å². The third kappa shape index (κ3) is 5.64. The Balaban J connectivity index is 1.26. The van der Waals surface area contributed by atoms with Crippen molar-refractivity contribution in [1.29, 1.82) is 0 Å². The van der Waals surface area contributed by atoms with E-state index in [1.54, 1.807) is 18.5 Å². The molecular weight excluding hydrogens is 452 g/mol. The summed E-state index contributed by atoms with van der Waals surface area (Å²) >= 11 is 1.16. The molecule has 1 fully saturated rings. The Morgan fingerprint density at radius 1 is 1.12 bits per heavy atom. The number of nitrogens with one attached hydrogen (secondary N) is 1. The third-order valence-corrected chi connectivity index (χ3v) is 6.99. The maximum absolute atomic E-state index is 12.3. The zero-order valence-corrected chi connectivity index (χ0v) is 19.0. The summed E-state index contributed by atoms with van der Waals surface area (Å²) in [6.45, 7) is 2.18. The minimum Gasteiger partial charge on any atom is -0.411 e. The van der Waals surface area contributed by atoms with Crippen LogP contribution in [-0.4, -0.2) is 72.0 Å². The number of hydrogen-bond donors (Lipinski definition) is 1. The van der Waals surface area contributed by atoms with Crippen molar-refractivity contribution in [2.45, 2.75) is 5.22 Å². The number of piperazine rings is 1. The lowest BCUT2D eigenvalue weighted by Crippen LogP contribution is -2.48. The molecule has 1 amide bonds. The molecule has 0 radical (unpaired) electrons. The first-order chi connectivity index (χ1) is 15.4. The predicted molar refractivity (Wildman–Crippen MR) is 122 cm³/mol. The smallest absolute Gasteiger partial charge is 0.277 e. The molecule has 0 aliphatic carbocycles. The van der Waals surface area contributed by atoms with Gasteiger partial charge in [-0.05, 0) is 36.4 Å². The highest BCUT2D eigenvalue weighted by atomic mass is 32.2. The number of nitrogens with zero attached hydrogens (tertiary/aromatic N) is 5. The second-order valence-electron chi connectivity index (χ2n) is 7.15. The lowest BCUT2D eigenvalue weighted by atomic mass is 10.2. The van der Waals surface area contributed by atoms with E-state index in [0.29, 0.717) is 48.5 Å². The third-order valence-electron chi connectivity index (χ3n) is 4.87. The number of carbonyl (C=O) groups is 1. The van der Waals surface area contributed by atoms with Crippen molar-refractivity contribution >= 4 is 39.1 Å². The highest BCUT2D eigenvalue weighted by Crippen LogP contribution is 2.23. The quantitative estimate of drug-likeness (QED) is 0.512. The van der Waals surface area contributed by atoms with E-state index in [1.807, 2.05) is 30.3 Å². The summed E-state index contributed by atoms with van der Waals surface area (Å²) < 4.78 is 30.3. The van der Waals surface area contributed by atoms with Gasteiger partial charge < -0.3 is 14.6 Å². The van der Waals surface area contributed by atoms with Gasteiger partial charge in [-0.15, -0.1) is 10.2 Å². The number of anilines is 2. The number of carbonyl (C=O) groups excluding carboxylic acids is 1. The van der Waals surface area contributed by atoms with Crippen LogP contribution in [0.5, 0.6) is 0 Å². The summed E-state index contributed by atoms with van der Waals surface area (Å²) in [5.74, 6) is 0.295. The number of rotatable bonds is 7. The molecule has 4 rings (SSSR count). The molecule has 1 aromatic carbocycles. The van der Waals surface area contributed by atoms with Crippen LogP contribution in [0.3, 0.4) is 0 Å². The minimum absolute atomic E-state index is 0.129. The average molecular weight is 475 g/mol. The molecule has 10 nitrogen and oxygen atoms in total. The van der Waals surface area contributed by atoms with Gasteiger partial charge in [0.2, 0.25) is 21.8 Å². The van der Waals surface area contributed by atoms with Crippen LogP contribution >= 0.6 is 11.8 Å². The molecule has 0 unspecified atom stereocenters. The normalized spacial score (nSPS) is 15.0. The van der Waals surface area contributed by atoms with Gasteiger partial charge in [-0.25, -0.2) is 8.42 Å². The highest BCUT2D eigenvalue weighted by molar-refractivity contribution is 7.99. The molecule has 12 heteroatoms. The summed E-state index contributed by atoms with van der Waals surface area (Å²) in [4.78, 5) is 18.4. The van der Waals surface area contributed by atoms with Crippen LogP contribution in [0, 0.1) is 0 Å². The van der Waals surface area contributed by atoms with E-state index >= 15 is 0 Å². The van der Waals surface area contributed by atoms with Crippen molar-refractivity contribution in [3.63, 3.8) is 0 Å². The van der Waals surface area contributed by atoms with Crippen LogP contribution in [0.2, 0.25) is 0 Å². The molecule has 2 aromatic heterocycles. The van der Waals surface area contributed by atoms with Crippen LogP contribution in [0.25, 0.3) is 11.5 Å². The van der Waals surface area contributed by atoms with E-state index < -0.39 is 10.0 Å². The number of hydrogen-bond acceptors (Lipinski definition) is 9. The van der Waals surface area contributed by atoms with E-state index in [9.17, 15) is 13.2 Å². The first-order valence-electron chi connectivity index (χ1n) is 9.85. The highest BCUT2D eigenvalue weighted by Gasteiger charge is 2.23. The fraction of sp³-hybridized carbons (Fsp3) is 0.300. The van der Waals surface area contributed by atoms with Crippen molar-refractivity contribution in [1.82, 2.24) is 19.5 Å². The topological polar surface area (TPSA) is 122 Å². The Morgan fingerprint density at radius 2 is 1.88 bits per heavy atom. The molecule has 3 aromatic rings. The maximum Gasteiger partial charge on any atom is 0.277 e. The molecule has 168 valence electrons. The summed E-state index contributed by atoms with van der Waals surface area (Å²) in [6.07, 6.45) is 4.52. The minimum atomic E-state index is -3.15. The summed E-state index contributed by atoms with van der Waals surface area (Å²) in [7, 11) is -3.15. The Kier molecular flexibility index (Phi) is 6.72. The van der Waals surface area contributed by atoms with Crippen LogP contribution in [-0.2, 0) is 14.8 Å². The van der Waals surface area contributed by atoms with E-state index in [4.69, 9.17) is 4.42 Å². The SMILES string of the molecule is CS(=O)(=O)N1CCN(c2ccc(NC(=O)CSc3nnc(-c4cccnc4)o3)cc2)CC1. The molecular formula is C20H22N6O4S2. The van der Waals surface area contributed by atoms with Crippen molar-refractivity contribution in [2.75, 3.05) is 48.4 Å². The van der Waals surface area contributed by atoms with Crippen LogP contribution < -0.4 is 10.2 Å². The lowest BCUT2D eigenvalue weighted by molar-refractivity contribution is -0.113. The predicted octanol–water partition coefficient (Wildman–Crippen LogP) is 1.94. The fourth-order valence-electron chi connectivity index (χ4n) is 3.23. The Hall–Kier alpha value is -2.96. The van der Waals surface area contributed by atoms with Gasteiger partial charge in [0.15, 0.2) is 0 Å². The number of benzene rings is 1. The van der Waals surface area contributed by atoms with Crippen LogP contribution in [0.1, 0.15) is 0 Å². The first-order valence-corrected chi connectivity index (χ1v) is 12.7. The Morgan fingerprint density at radius 3 is 2.53 bits per heavy atom. The van der Waals surface area contributed by atoms with Crippen molar-refractivity contribution in [3.05, 3.63) is 48.8 Å². The monoisotopic (exact) mass is 474 g/mol. The number of aromatic nitrogens is 3. The molecule has 1 aliphatic rings. The number of thioether (sulfide) groups is 1. The number of sulfonamides is 1. The largest absolute Gasteiger partial charge is 0.411 e. The number of amides is 1. The van der Waals surface area contributed by atoms with Gasteiger partial charge in [-0.3, -0.25) is 9.78 Å². The first kappa shape index (κ1) is 22.2. The van der Waals surface area contributed by atoms with E-state index in [0.717, 1.165) is 17.4 Å². The van der Waals surface area contributed by atoms with Crippen molar-refractivity contribution in [2.24, 2.45) is 0 Å². The van der Waals surface area contributed by atoms with Gasteiger partial charge in [-0.1, -0.05) is 11.8 Å². The zero-order valence-electron chi connectivity index (χ0n) is 17.3. The number of pyridine rings is 1.